The van der Waals surface area contributed by atoms with Crippen molar-refractivity contribution in [3.8, 4) is 0 Å². The van der Waals surface area contributed by atoms with Gasteiger partial charge in [-0.1, -0.05) is 70.0 Å². The van der Waals surface area contributed by atoms with Gasteiger partial charge in [0.15, 0.2) is 0 Å². The predicted octanol–water partition coefficient (Wildman–Crippen LogP) is 5.04. The van der Waals surface area contributed by atoms with Gasteiger partial charge < -0.3 is 14.2 Å². The molecule has 0 bridgehead atoms. The maximum absolute atomic E-state index is 12.9. The molecule has 0 atom stereocenters. The molecule has 1 aromatic carbocycles. The van der Waals surface area contributed by atoms with Gasteiger partial charge in [-0.05, 0) is 55.2 Å². The summed E-state index contributed by atoms with van der Waals surface area (Å²) in [5, 5.41) is 7.06. The summed E-state index contributed by atoms with van der Waals surface area (Å²) in [6.07, 6.45) is 8.03. The number of unbranched alkanes of at least 4 members (excludes halogenated alkanes) is 2. The SMILES string of the molecule is C=C1NC(=O)c2c(CCCC)cc(=O)oc2N1OCc1ccccc1.CCCCc1cc(=O)oc2c1C(=O)N(N1CCCCC1)C(=O)C2. The fourth-order valence-corrected chi connectivity index (χ4v) is 6.03. The van der Waals surface area contributed by atoms with Crippen LogP contribution in [0.2, 0.25) is 0 Å². The average Bonchev–Trinajstić information content (AvgIpc) is 3.06. The first-order chi connectivity index (χ1) is 23.2. The number of fused-ring (bicyclic) bond motifs is 2. The molecule has 12 heteroatoms. The zero-order valence-electron chi connectivity index (χ0n) is 27.5. The quantitative estimate of drug-likeness (QED) is 0.294. The lowest BCUT2D eigenvalue weighted by molar-refractivity contribution is -0.144. The summed E-state index contributed by atoms with van der Waals surface area (Å²) < 4.78 is 10.4. The number of nitrogens with zero attached hydrogens (tertiary/aromatic N) is 3. The van der Waals surface area contributed by atoms with E-state index in [4.69, 9.17) is 13.7 Å². The Morgan fingerprint density at radius 2 is 1.46 bits per heavy atom. The molecule has 0 spiro atoms. The van der Waals surface area contributed by atoms with Crippen molar-refractivity contribution in [1.82, 2.24) is 15.3 Å². The number of hydrazine groups is 1. The lowest BCUT2D eigenvalue weighted by Crippen LogP contribution is -2.55. The number of carbonyl (C=O) groups is 3. The number of nitrogens with one attached hydrogen (secondary N) is 1. The molecular weight excluding hydrogens is 616 g/mol. The van der Waals surface area contributed by atoms with E-state index in [0.717, 1.165) is 50.5 Å². The van der Waals surface area contributed by atoms with E-state index in [1.54, 1.807) is 0 Å². The molecule has 48 heavy (non-hydrogen) atoms. The van der Waals surface area contributed by atoms with Crippen LogP contribution in [-0.4, -0.2) is 40.8 Å². The van der Waals surface area contributed by atoms with Gasteiger partial charge in [0.2, 0.25) is 5.88 Å². The second-order valence-corrected chi connectivity index (χ2v) is 12.0. The highest BCUT2D eigenvalue weighted by Gasteiger charge is 2.39. The number of aryl methyl sites for hydroxylation is 2. The Labute approximate surface area is 278 Å². The largest absolute Gasteiger partial charge is 0.426 e. The molecule has 2 aromatic heterocycles. The molecular formula is C36H42N4O8. The summed E-state index contributed by atoms with van der Waals surface area (Å²) in [5.41, 5.74) is 2.06. The number of imide groups is 1. The standard InChI is InChI=1S/C19H20N2O4.C17H22N2O4/c1-3-4-10-15-11-16(22)25-19-17(15)18(23)20-13(2)21(19)24-12-14-8-6-5-7-9-14;1-2-3-7-12-10-15(21)23-13-11-14(20)19(17(22)16(12)13)18-8-5-4-6-9-18/h5-9,11H,2-4,10,12H2,1H3,(H,20,23);10H,2-9,11H2,1H3. The molecule has 3 amide bonds. The van der Waals surface area contributed by atoms with Gasteiger partial charge in [-0.15, -0.1) is 0 Å². The van der Waals surface area contributed by atoms with Crippen LogP contribution in [0.4, 0.5) is 5.88 Å². The third-order valence-corrected chi connectivity index (χ3v) is 8.43. The molecule has 1 fully saturated rings. The number of carbonyl (C=O) groups excluding carboxylic acids is 3. The second-order valence-electron chi connectivity index (χ2n) is 12.0. The van der Waals surface area contributed by atoms with Crippen LogP contribution in [0.5, 0.6) is 0 Å². The zero-order chi connectivity index (χ0) is 34.2. The molecule has 0 aliphatic carbocycles. The van der Waals surface area contributed by atoms with Gasteiger partial charge in [0.25, 0.3) is 17.7 Å². The number of benzene rings is 1. The van der Waals surface area contributed by atoms with Crippen LogP contribution < -0.4 is 21.6 Å². The molecule has 1 N–H and O–H groups in total. The highest BCUT2D eigenvalue weighted by Crippen LogP contribution is 2.30. The Bertz CT molecular complexity index is 1770. The third-order valence-electron chi connectivity index (χ3n) is 8.43. The van der Waals surface area contributed by atoms with Crippen LogP contribution in [0, 0.1) is 0 Å². The average molecular weight is 659 g/mol. The van der Waals surface area contributed by atoms with Crippen molar-refractivity contribution in [2.75, 3.05) is 18.2 Å². The minimum atomic E-state index is -0.513. The Balaban J connectivity index is 0.000000188. The van der Waals surface area contributed by atoms with Gasteiger partial charge >= 0.3 is 11.3 Å². The van der Waals surface area contributed by atoms with Crippen LogP contribution in [0.1, 0.15) is 102 Å². The lowest BCUT2D eigenvalue weighted by atomic mass is 9.97. The van der Waals surface area contributed by atoms with Gasteiger partial charge in [0, 0.05) is 25.2 Å². The molecule has 5 heterocycles. The van der Waals surface area contributed by atoms with E-state index in [0.29, 0.717) is 48.2 Å². The monoisotopic (exact) mass is 658 g/mol. The summed E-state index contributed by atoms with van der Waals surface area (Å²) in [6, 6.07) is 12.3. The number of piperidine rings is 1. The molecule has 3 aromatic rings. The maximum atomic E-state index is 12.9. The first kappa shape index (κ1) is 34.5. The van der Waals surface area contributed by atoms with Gasteiger partial charge in [-0.3, -0.25) is 19.2 Å². The number of anilines is 1. The molecule has 0 unspecified atom stereocenters. The summed E-state index contributed by atoms with van der Waals surface area (Å²) in [4.78, 5) is 67.1. The van der Waals surface area contributed by atoms with Crippen LogP contribution in [0.15, 0.2) is 73.3 Å². The van der Waals surface area contributed by atoms with Crippen molar-refractivity contribution >= 4 is 23.6 Å². The normalized spacial score (nSPS) is 16.2. The van der Waals surface area contributed by atoms with Crippen molar-refractivity contribution in [3.63, 3.8) is 0 Å². The van der Waals surface area contributed by atoms with Gasteiger partial charge in [0.1, 0.15) is 23.8 Å². The van der Waals surface area contributed by atoms with E-state index in [1.807, 2.05) is 35.3 Å². The Hall–Kier alpha value is -4.81. The summed E-state index contributed by atoms with van der Waals surface area (Å²) >= 11 is 0. The van der Waals surface area contributed by atoms with Gasteiger partial charge in [0.05, 0.1) is 12.0 Å². The fourth-order valence-electron chi connectivity index (χ4n) is 6.03. The zero-order valence-corrected chi connectivity index (χ0v) is 27.5. The first-order valence-electron chi connectivity index (χ1n) is 16.6. The number of hydrogen-bond acceptors (Lipinski definition) is 10. The minimum Gasteiger partial charge on any atom is -0.426 e. The lowest BCUT2D eigenvalue weighted by Gasteiger charge is -2.38. The van der Waals surface area contributed by atoms with Crippen LogP contribution in [0.25, 0.3) is 0 Å². The van der Waals surface area contributed by atoms with Gasteiger partial charge in [-0.25, -0.2) is 19.6 Å². The molecule has 254 valence electrons. The molecule has 3 aliphatic rings. The molecule has 1 saturated heterocycles. The van der Waals surface area contributed by atoms with E-state index < -0.39 is 11.3 Å². The summed E-state index contributed by atoms with van der Waals surface area (Å²) in [7, 11) is 0. The van der Waals surface area contributed by atoms with Crippen molar-refractivity contribution in [3.05, 3.63) is 109 Å². The Kier molecular flexibility index (Phi) is 11.4. The van der Waals surface area contributed by atoms with Crippen molar-refractivity contribution in [2.45, 2.75) is 84.7 Å². The van der Waals surface area contributed by atoms with E-state index in [2.05, 4.69) is 25.7 Å². The maximum Gasteiger partial charge on any atom is 0.337 e. The third kappa shape index (κ3) is 7.83. The molecule has 0 radical (unpaired) electrons. The highest BCUT2D eigenvalue weighted by molar-refractivity contribution is 6.09. The minimum absolute atomic E-state index is 0.0211. The van der Waals surface area contributed by atoms with E-state index in [9.17, 15) is 24.0 Å². The van der Waals surface area contributed by atoms with E-state index >= 15 is 0 Å². The topological polar surface area (TPSA) is 143 Å². The Morgan fingerprint density at radius 3 is 2.10 bits per heavy atom. The van der Waals surface area contributed by atoms with Crippen molar-refractivity contribution < 1.29 is 28.1 Å². The summed E-state index contributed by atoms with van der Waals surface area (Å²) in [6.45, 7) is 9.58. The number of hydroxylamine groups is 1. The molecule has 6 rings (SSSR count). The number of amides is 3. The van der Waals surface area contributed by atoms with Crippen molar-refractivity contribution in [1.29, 1.82) is 0 Å². The fraction of sp³-hybridized carbons (Fsp3) is 0.417. The van der Waals surface area contributed by atoms with E-state index in [-0.39, 0.29) is 48.2 Å². The van der Waals surface area contributed by atoms with Crippen LogP contribution >= 0.6 is 0 Å². The first-order valence-corrected chi connectivity index (χ1v) is 16.6. The van der Waals surface area contributed by atoms with Crippen LogP contribution in [0.3, 0.4) is 0 Å². The highest BCUT2D eigenvalue weighted by atomic mass is 16.7. The van der Waals surface area contributed by atoms with Crippen molar-refractivity contribution in [2.24, 2.45) is 0 Å². The second kappa shape index (κ2) is 15.9. The number of hydrogen-bond donors (Lipinski definition) is 1. The predicted molar refractivity (Wildman–Crippen MR) is 178 cm³/mol. The molecule has 0 saturated carbocycles. The number of rotatable bonds is 10. The van der Waals surface area contributed by atoms with E-state index in [1.165, 1.54) is 22.2 Å². The van der Waals surface area contributed by atoms with Gasteiger partial charge in [-0.2, -0.15) is 5.06 Å². The Morgan fingerprint density at radius 1 is 0.833 bits per heavy atom. The smallest absolute Gasteiger partial charge is 0.337 e. The molecule has 12 nitrogen and oxygen atoms in total. The molecule has 3 aliphatic heterocycles. The van der Waals surface area contributed by atoms with Crippen LogP contribution in [-0.2, 0) is 35.5 Å². The summed E-state index contributed by atoms with van der Waals surface area (Å²) in [5.74, 6) is -0.457.